The van der Waals surface area contributed by atoms with E-state index >= 15 is 0 Å². The summed E-state index contributed by atoms with van der Waals surface area (Å²) in [6, 6.07) is 0. The molecule has 0 fully saturated rings. The van der Waals surface area contributed by atoms with Gasteiger partial charge in [0.05, 0.1) is 7.11 Å². The van der Waals surface area contributed by atoms with Gasteiger partial charge in [-0.25, -0.2) is 4.79 Å². The lowest BCUT2D eigenvalue weighted by Gasteiger charge is -2.37. The summed E-state index contributed by atoms with van der Waals surface area (Å²) in [5.41, 5.74) is -1.35. The van der Waals surface area contributed by atoms with Crippen LogP contribution < -0.4 is 0 Å². The van der Waals surface area contributed by atoms with Crippen LogP contribution in [0.15, 0.2) is 0 Å². The zero-order valence-corrected chi connectivity index (χ0v) is 12.1. The van der Waals surface area contributed by atoms with Gasteiger partial charge in [0.1, 0.15) is 0 Å². The van der Waals surface area contributed by atoms with Crippen LogP contribution in [-0.4, -0.2) is 23.8 Å². The fourth-order valence-corrected chi connectivity index (χ4v) is 2.35. The van der Waals surface area contributed by atoms with Crippen LogP contribution in [-0.2, 0) is 9.53 Å². The first-order valence-corrected chi connectivity index (χ1v) is 6.65. The van der Waals surface area contributed by atoms with Crippen LogP contribution in [0.3, 0.4) is 0 Å². The molecule has 3 heteroatoms. The Labute approximate surface area is 106 Å². The van der Waals surface area contributed by atoms with Gasteiger partial charge in [-0.05, 0) is 30.6 Å². The molecule has 0 aromatic heterocycles. The minimum absolute atomic E-state index is 0.0371. The van der Waals surface area contributed by atoms with Crippen molar-refractivity contribution in [2.75, 3.05) is 7.11 Å². The van der Waals surface area contributed by atoms with E-state index in [0.717, 1.165) is 19.3 Å². The highest BCUT2D eigenvalue weighted by Gasteiger charge is 2.46. The zero-order chi connectivity index (χ0) is 13.6. The average molecular weight is 244 g/mol. The van der Waals surface area contributed by atoms with E-state index in [-0.39, 0.29) is 11.8 Å². The number of hydrogen-bond acceptors (Lipinski definition) is 3. The Morgan fingerprint density at radius 2 is 1.76 bits per heavy atom. The van der Waals surface area contributed by atoms with Gasteiger partial charge in [0, 0.05) is 0 Å². The van der Waals surface area contributed by atoms with Crippen LogP contribution in [0.5, 0.6) is 0 Å². The summed E-state index contributed by atoms with van der Waals surface area (Å²) < 4.78 is 4.79. The summed E-state index contributed by atoms with van der Waals surface area (Å²) in [6.07, 6.45) is 2.71. The van der Waals surface area contributed by atoms with Crippen molar-refractivity contribution in [3.8, 4) is 0 Å². The second-order valence-electron chi connectivity index (χ2n) is 5.33. The molecule has 1 N–H and O–H groups in total. The molecule has 0 rings (SSSR count). The Morgan fingerprint density at radius 1 is 1.24 bits per heavy atom. The summed E-state index contributed by atoms with van der Waals surface area (Å²) in [5.74, 6) is -0.161. The third-order valence-corrected chi connectivity index (χ3v) is 3.89. The lowest BCUT2D eigenvalue weighted by atomic mass is 9.73. The van der Waals surface area contributed by atoms with Gasteiger partial charge in [0.25, 0.3) is 0 Å². The largest absolute Gasteiger partial charge is 0.467 e. The molecule has 0 aliphatic rings. The second-order valence-corrected chi connectivity index (χ2v) is 5.33. The highest BCUT2D eigenvalue weighted by atomic mass is 16.5. The van der Waals surface area contributed by atoms with Crippen LogP contribution >= 0.6 is 0 Å². The van der Waals surface area contributed by atoms with Crippen LogP contribution in [0.25, 0.3) is 0 Å². The molecule has 0 aromatic carbocycles. The first kappa shape index (κ1) is 16.4. The molecule has 0 aliphatic carbocycles. The molecule has 3 nitrogen and oxygen atoms in total. The maximum Gasteiger partial charge on any atom is 0.338 e. The lowest BCUT2D eigenvalue weighted by Crippen LogP contribution is -2.51. The minimum Gasteiger partial charge on any atom is -0.467 e. The molecule has 17 heavy (non-hydrogen) atoms. The van der Waals surface area contributed by atoms with Gasteiger partial charge in [-0.2, -0.15) is 0 Å². The molecule has 0 amide bonds. The number of esters is 1. The van der Waals surface area contributed by atoms with Crippen LogP contribution in [0.4, 0.5) is 0 Å². The van der Waals surface area contributed by atoms with Gasteiger partial charge in [-0.15, -0.1) is 0 Å². The van der Waals surface area contributed by atoms with Crippen LogP contribution in [0, 0.1) is 17.8 Å². The van der Waals surface area contributed by atoms with E-state index in [1.807, 2.05) is 20.8 Å². The topological polar surface area (TPSA) is 46.5 Å². The molecule has 0 saturated carbocycles. The average Bonchev–Trinajstić information content (AvgIpc) is 2.32. The van der Waals surface area contributed by atoms with E-state index < -0.39 is 11.6 Å². The molecule has 0 aliphatic heterocycles. The lowest BCUT2D eigenvalue weighted by molar-refractivity contribution is -0.177. The predicted molar refractivity (Wildman–Crippen MR) is 69.7 cm³/mol. The Hall–Kier alpha value is -0.570. The van der Waals surface area contributed by atoms with Crippen molar-refractivity contribution < 1.29 is 14.6 Å². The van der Waals surface area contributed by atoms with Crippen LogP contribution in [0.2, 0.25) is 0 Å². The van der Waals surface area contributed by atoms with E-state index in [1.165, 1.54) is 7.11 Å². The molecule has 0 radical (unpaired) electrons. The normalized spacial score (nSPS) is 18.6. The fourth-order valence-electron chi connectivity index (χ4n) is 2.35. The second kappa shape index (κ2) is 7.00. The molecular formula is C14H28O3. The molecular weight excluding hydrogens is 216 g/mol. The highest BCUT2D eigenvalue weighted by molar-refractivity contribution is 5.79. The molecule has 0 heterocycles. The molecule has 3 atom stereocenters. The number of carbonyl (C=O) groups excluding carboxylic acids is 1. The summed E-state index contributed by atoms with van der Waals surface area (Å²) >= 11 is 0. The van der Waals surface area contributed by atoms with Gasteiger partial charge < -0.3 is 9.84 Å². The third-order valence-electron chi connectivity index (χ3n) is 3.89. The number of aliphatic hydroxyl groups is 1. The zero-order valence-electron chi connectivity index (χ0n) is 12.1. The first-order valence-electron chi connectivity index (χ1n) is 6.65. The standard InChI is InChI=1S/C14H28O3/c1-7-11(5)9-12(8-2)14(16,10(3)4)13(15)17-6/h10-12,16H,7-9H2,1-6H3. The number of hydrogen-bond donors (Lipinski definition) is 1. The summed E-state index contributed by atoms with van der Waals surface area (Å²) in [6.45, 7) is 10.0. The van der Waals surface area contributed by atoms with E-state index in [2.05, 4.69) is 13.8 Å². The van der Waals surface area contributed by atoms with Crippen molar-refractivity contribution >= 4 is 5.97 Å². The van der Waals surface area contributed by atoms with Gasteiger partial charge in [-0.1, -0.05) is 41.0 Å². The highest BCUT2D eigenvalue weighted by Crippen LogP contribution is 2.35. The van der Waals surface area contributed by atoms with E-state index in [0.29, 0.717) is 5.92 Å². The van der Waals surface area contributed by atoms with E-state index in [4.69, 9.17) is 4.74 Å². The van der Waals surface area contributed by atoms with Crippen molar-refractivity contribution in [3.05, 3.63) is 0 Å². The maximum atomic E-state index is 11.9. The Bertz CT molecular complexity index is 238. The number of carbonyl (C=O) groups is 1. The number of ether oxygens (including phenoxy) is 1. The summed E-state index contributed by atoms with van der Waals surface area (Å²) in [5, 5.41) is 10.7. The molecule has 0 spiro atoms. The van der Waals surface area contributed by atoms with Gasteiger partial charge in [0.2, 0.25) is 0 Å². The van der Waals surface area contributed by atoms with Gasteiger partial charge in [-0.3, -0.25) is 0 Å². The Kier molecular flexibility index (Phi) is 6.76. The molecule has 0 saturated heterocycles. The van der Waals surface area contributed by atoms with Crippen molar-refractivity contribution in [2.24, 2.45) is 17.8 Å². The van der Waals surface area contributed by atoms with E-state index in [9.17, 15) is 9.90 Å². The molecule has 102 valence electrons. The quantitative estimate of drug-likeness (QED) is 0.700. The smallest absolute Gasteiger partial charge is 0.338 e. The SMILES string of the molecule is CCC(C)CC(CC)C(O)(C(=O)OC)C(C)C. The molecule has 3 unspecified atom stereocenters. The third kappa shape index (κ3) is 3.70. The monoisotopic (exact) mass is 244 g/mol. The number of rotatable bonds is 7. The minimum atomic E-state index is -1.35. The van der Waals surface area contributed by atoms with Crippen molar-refractivity contribution in [3.63, 3.8) is 0 Å². The summed E-state index contributed by atoms with van der Waals surface area (Å²) in [4.78, 5) is 11.9. The number of methoxy groups -OCH3 is 1. The molecule has 0 aromatic rings. The summed E-state index contributed by atoms with van der Waals surface area (Å²) in [7, 11) is 1.34. The van der Waals surface area contributed by atoms with E-state index in [1.54, 1.807) is 0 Å². The first-order chi connectivity index (χ1) is 7.84. The molecule has 0 bridgehead atoms. The van der Waals surface area contributed by atoms with Crippen molar-refractivity contribution in [1.29, 1.82) is 0 Å². The fraction of sp³-hybridized carbons (Fsp3) is 0.929. The maximum absolute atomic E-state index is 11.9. The van der Waals surface area contributed by atoms with Crippen LogP contribution in [0.1, 0.15) is 53.9 Å². The van der Waals surface area contributed by atoms with Crippen molar-refractivity contribution in [1.82, 2.24) is 0 Å². The Balaban J connectivity index is 5.05. The predicted octanol–water partition coefficient (Wildman–Crippen LogP) is 3.01. The van der Waals surface area contributed by atoms with Gasteiger partial charge >= 0.3 is 5.97 Å². The Morgan fingerprint density at radius 3 is 2.06 bits per heavy atom. The van der Waals surface area contributed by atoms with Gasteiger partial charge in [0.15, 0.2) is 5.60 Å². The van der Waals surface area contributed by atoms with Crippen molar-refractivity contribution in [2.45, 2.75) is 59.5 Å².